The average Bonchev–Trinajstić information content (AvgIpc) is 2.95. The van der Waals surface area contributed by atoms with E-state index in [1.165, 1.54) is 25.0 Å². The van der Waals surface area contributed by atoms with E-state index in [4.69, 9.17) is 9.72 Å². The Morgan fingerprint density at radius 3 is 3.00 bits per heavy atom. The Kier molecular flexibility index (Phi) is 3.79. The molecular formula is C17H19NO2. The van der Waals surface area contributed by atoms with Crippen molar-refractivity contribution in [3.63, 3.8) is 0 Å². The van der Waals surface area contributed by atoms with Gasteiger partial charge >= 0.3 is 0 Å². The summed E-state index contributed by atoms with van der Waals surface area (Å²) in [6.45, 7) is 0.854. The van der Waals surface area contributed by atoms with Gasteiger partial charge in [0.25, 0.3) is 0 Å². The minimum atomic E-state index is 0.547. The molecule has 1 aromatic heterocycles. The number of benzene rings is 1. The standard InChI is InChI=1S/C17H19NO2/c1-20-11-13-2-4-14(9-13)17-7-5-15-8-12(10-19)3-6-16(15)18-17/h3,5-8,10,13-14H,2,4,9,11H2,1H3/t13-,14+/m0/s1. The summed E-state index contributed by atoms with van der Waals surface area (Å²) < 4.78 is 5.25. The van der Waals surface area contributed by atoms with Gasteiger partial charge in [-0.05, 0) is 49.4 Å². The summed E-state index contributed by atoms with van der Waals surface area (Å²) in [7, 11) is 1.77. The molecule has 2 atom stereocenters. The molecule has 0 saturated heterocycles. The topological polar surface area (TPSA) is 39.2 Å². The second-order valence-electron chi connectivity index (χ2n) is 5.64. The van der Waals surface area contributed by atoms with Gasteiger partial charge in [-0.15, -0.1) is 0 Å². The van der Waals surface area contributed by atoms with Crippen LogP contribution in [0.1, 0.15) is 41.2 Å². The molecule has 3 nitrogen and oxygen atoms in total. The number of pyridine rings is 1. The van der Waals surface area contributed by atoms with Crippen LogP contribution in [0.2, 0.25) is 0 Å². The third-order valence-corrected chi connectivity index (χ3v) is 4.23. The molecule has 1 aromatic carbocycles. The quantitative estimate of drug-likeness (QED) is 0.796. The highest BCUT2D eigenvalue weighted by atomic mass is 16.5. The molecule has 0 bridgehead atoms. The van der Waals surface area contributed by atoms with E-state index in [1.54, 1.807) is 7.11 Å². The highest BCUT2D eigenvalue weighted by Crippen LogP contribution is 2.37. The van der Waals surface area contributed by atoms with Gasteiger partial charge in [0.05, 0.1) is 5.52 Å². The van der Waals surface area contributed by atoms with Gasteiger partial charge in [0, 0.05) is 36.3 Å². The van der Waals surface area contributed by atoms with E-state index < -0.39 is 0 Å². The highest BCUT2D eigenvalue weighted by Gasteiger charge is 2.26. The van der Waals surface area contributed by atoms with Gasteiger partial charge in [-0.1, -0.05) is 6.07 Å². The second-order valence-corrected chi connectivity index (χ2v) is 5.64. The summed E-state index contributed by atoms with van der Waals surface area (Å²) in [6.07, 6.45) is 4.46. The second kappa shape index (κ2) is 5.71. The van der Waals surface area contributed by atoms with Crippen LogP contribution in [0.15, 0.2) is 30.3 Å². The van der Waals surface area contributed by atoms with Crippen LogP contribution in [0.25, 0.3) is 10.9 Å². The Morgan fingerprint density at radius 2 is 2.20 bits per heavy atom. The van der Waals surface area contributed by atoms with Crippen molar-refractivity contribution in [1.29, 1.82) is 0 Å². The summed E-state index contributed by atoms with van der Waals surface area (Å²) in [4.78, 5) is 15.6. The number of ether oxygens (including phenoxy) is 1. The van der Waals surface area contributed by atoms with Crippen molar-refractivity contribution >= 4 is 17.2 Å². The van der Waals surface area contributed by atoms with Crippen LogP contribution >= 0.6 is 0 Å². The molecule has 0 amide bonds. The van der Waals surface area contributed by atoms with E-state index >= 15 is 0 Å². The van der Waals surface area contributed by atoms with E-state index in [0.29, 0.717) is 17.4 Å². The van der Waals surface area contributed by atoms with Crippen molar-refractivity contribution in [3.8, 4) is 0 Å². The Labute approximate surface area is 119 Å². The zero-order valence-corrected chi connectivity index (χ0v) is 11.7. The molecule has 0 N–H and O–H groups in total. The van der Waals surface area contributed by atoms with Crippen molar-refractivity contribution in [3.05, 3.63) is 41.6 Å². The number of methoxy groups -OCH3 is 1. The molecular weight excluding hydrogens is 250 g/mol. The van der Waals surface area contributed by atoms with E-state index in [9.17, 15) is 4.79 Å². The molecule has 1 aliphatic rings. The Bertz CT molecular complexity index is 623. The Hall–Kier alpha value is -1.74. The molecule has 1 fully saturated rings. The maximum absolute atomic E-state index is 10.8. The summed E-state index contributed by atoms with van der Waals surface area (Å²) in [5.74, 6) is 1.21. The lowest BCUT2D eigenvalue weighted by atomic mass is 10.00. The van der Waals surface area contributed by atoms with Crippen LogP contribution in [0.3, 0.4) is 0 Å². The molecule has 20 heavy (non-hydrogen) atoms. The van der Waals surface area contributed by atoms with E-state index in [-0.39, 0.29) is 0 Å². The fraction of sp³-hybridized carbons (Fsp3) is 0.412. The van der Waals surface area contributed by atoms with Crippen LogP contribution in [-0.2, 0) is 4.74 Å². The fourth-order valence-electron chi connectivity index (χ4n) is 3.19. The number of rotatable bonds is 4. The number of carbonyl (C=O) groups excluding carboxylic acids is 1. The average molecular weight is 269 g/mol. The normalized spacial score (nSPS) is 22.2. The van der Waals surface area contributed by atoms with Gasteiger partial charge in [-0.2, -0.15) is 0 Å². The van der Waals surface area contributed by atoms with Crippen LogP contribution in [0.4, 0.5) is 0 Å². The van der Waals surface area contributed by atoms with Crippen LogP contribution in [-0.4, -0.2) is 25.0 Å². The summed E-state index contributed by atoms with van der Waals surface area (Å²) in [5.41, 5.74) is 2.85. The number of hydrogen-bond acceptors (Lipinski definition) is 3. The molecule has 0 unspecified atom stereocenters. The van der Waals surface area contributed by atoms with E-state index in [0.717, 1.165) is 23.8 Å². The molecule has 1 saturated carbocycles. The van der Waals surface area contributed by atoms with Gasteiger partial charge in [-0.25, -0.2) is 0 Å². The van der Waals surface area contributed by atoms with Gasteiger partial charge < -0.3 is 4.74 Å². The zero-order valence-electron chi connectivity index (χ0n) is 11.7. The first-order chi connectivity index (χ1) is 9.80. The zero-order chi connectivity index (χ0) is 13.9. The van der Waals surface area contributed by atoms with Crippen LogP contribution in [0.5, 0.6) is 0 Å². The lowest BCUT2D eigenvalue weighted by molar-refractivity contribution is 0.112. The Balaban J connectivity index is 1.84. The predicted molar refractivity (Wildman–Crippen MR) is 79.1 cm³/mol. The largest absolute Gasteiger partial charge is 0.384 e. The van der Waals surface area contributed by atoms with Crippen molar-refractivity contribution in [1.82, 2.24) is 4.98 Å². The summed E-state index contributed by atoms with van der Waals surface area (Å²) in [5, 5.41) is 1.03. The lowest BCUT2D eigenvalue weighted by Crippen LogP contribution is -2.04. The molecule has 1 heterocycles. The van der Waals surface area contributed by atoms with Crippen molar-refractivity contribution in [2.75, 3.05) is 13.7 Å². The first-order valence-electron chi connectivity index (χ1n) is 7.15. The summed E-state index contributed by atoms with van der Waals surface area (Å²) >= 11 is 0. The van der Waals surface area contributed by atoms with E-state index in [1.807, 2.05) is 18.2 Å². The van der Waals surface area contributed by atoms with Gasteiger partial charge in [0.2, 0.25) is 0 Å². The third kappa shape index (κ3) is 2.59. The minimum Gasteiger partial charge on any atom is -0.384 e. The van der Waals surface area contributed by atoms with Gasteiger partial charge in [-0.3, -0.25) is 9.78 Å². The third-order valence-electron chi connectivity index (χ3n) is 4.23. The monoisotopic (exact) mass is 269 g/mol. The molecule has 3 rings (SSSR count). The maximum atomic E-state index is 10.8. The molecule has 104 valence electrons. The first kappa shape index (κ1) is 13.3. The highest BCUT2D eigenvalue weighted by molar-refractivity contribution is 5.86. The number of aromatic nitrogens is 1. The molecule has 3 heteroatoms. The van der Waals surface area contributed by atoms with Gasteiger partial charge in [0.1, 0.15) is 6.29 Å². The molecule has 2 aromatic rings. The fourth-order valence-corrected chi connectivity index (χ4v) is 3.19. The molecule has 0 aliphatic heterocycles. The summed E-state index contributed by atoms with van der Waals surface area (Å²) in [6, 6.07) is 9.84. The number of fused-ring (bicyclic) bond motifs is 1. The minimum absolute atomic E-state index is 0.547. The van der Waals surface area contributed by atoms with Crippen LogP contribution in [0, 0.1) is 5.92 Å². The van der Waals surface area contributed by atoms with Crippen molar-refractivity contribution in [2.45, 2.75) is 25.2 Å². The lowest BCUT2D eigenvalue weighted by Gasteiger charge is -2.11. The maximum Gasteiger partial charge on any atom is 0.150 e. The first-order valence-corrected chi connectivity index (χ1v) is 7.15. The number of hydrogen-bond donors (Lipinski definition) is 0. The smallest absolute Gasteiger partial charge is 0.150 e. The van der Waals surface area contributed by atoms with E-state index in [2.05, 4.69) is 12.1 Å². The predicted octanol–water partition coefficient (Wildman–Crippen LogP) is 3.58. The van der Waals surface area contributed by atoms with Crippen molar-refractivity contribution < 1.29 is 9.53 Å². The number of nitrogens with zero attached hydrogens (tertiary/aromatic N) is 1. The Morgan fingerprint density at radius 1 is 1.30 bits per heavy atom. The molecule has 0 radical (unpaired) electrons. The SMILES string of the molecule is COC[C@H]1CC[C@@H](c2ccc3cc(C=O)ccc3n2)C1. The van der Waals surface area contributed by atoms with Crippen LogP contribution < -0.4 is 0 Å². The van der Waals surface area contributed by atoms with Crippen molar-refractivity contribution in [2.24, 2.45) is 5.92 Å². The van der Waals surface area contributed by atoms with Gasteiger partial charge in [0.15, 0.2) is 0 Å². The number of carbonyl (C=O) groups is 1. The molecule has 1 aliphatic carbocycles. The number of aldehydes is 1. The molecule has 0 spiro atoms.